The molecule has 1 saturated heterocycles. The third-order valence-electron chi connectivity index (χ3n) is 4.15. The minimum absolute atomic E-state index is 0.199. The van der Waals surface area contributed by atoms with Gasteiger partial charge in [-0.15, -0.1) is 0 Å². The number of nitrogens with one attached hydrogen (secondary N) is 1. The Morgan fingerprint density at radius 3 is 2.71 bits per heavy atom. The summed E-state index contributed by atoms with van der Waals surface area (Å²) in [6.45, 7) is 3.87. The Balaban J connectivity index is 1.80. The van der Waals surface area contributed by atoms with Gasteiger partial charge in [0.05, 0.1) is 17.7 Å². The van der Waals surface area contributed by atoms with Gasteiger partial charge in [0.1, 0.15) is 5.75 Å². The number of aliphatic imine (C=N–C) groups is 1. The Kier molecular flexibility index (Phi) is 6.16. The van der Waals surface area contributed by atoms with Crippen LogP contribution in [0.25, 0.3) is 6.08 Å². The van der Waals surface area contributed by atoms with Crippen molar-refractivity contribution in [1.82, 2.24) is 5.32 Å². The van der Waals surface area contributed by atoms with Crippen LogP contribution in [0.5, 0.6) is 5.75 Å². The van der Waals surface area contributed by atoms with Gasteiger partial charge in [0.2, 0.25) is 0 Å². The molecule has 1 amide bonds. The summed E-state index contributed by atoms with van der Waals surface area (Å²) in [5, 5.41) is 3.30. The maximum Gasteiger partial charge on any atom is 0.343 e. The molecule has 0 atom stereocenters. The minimum Gasteiger partial charge on any atom is -0.481 e. The lowest BCUT2D eigenvalue weighted by Crippen LogP contribution is -2.19. The van der Waals surface area contributed by atoms with Crippen LogP contribution in [0.4, 0.5) is 5.69 Å². The molecule has 0 spiro atoms. The maximum atomic E-state index is 12.3. The van der Waals surface area contributed by atoms with Gasteiger partial charge >= 0.3 is 5.97 Å². The standard InChI is InChI=1S/C21H20N2O4S/c1-13-8-9-16(10-14(13)2)22-21-23-20(25)18(28-21)11-15-6-4-5-7-17(15)27-12-19(24)26-3/h4-11H,12H2,1-3H3,(H,22,23,25). The maximum absolute atomic E-state index is 12.3. The molecule has 0 aliphatic carbocycles. The molecule has 0 saturated carbocycles. The highest BCUT2D eigenvalue weighted by molar-refractivity contribution is 8.18. The molecule has 144 valence electrons. The van der Waals surface area contributed by atoms with Crippen LogP contribution >= 0.6 is 11.8 Å². The average Bonchev–Trinajstić information content (AvgIpc) is 3.02. The van der Waals surface area contributed by atoms with Gasteiger partial charge in [0.15, 0.2) is 11.8 Å². The second kappa shape index (κ2) is 8.75. The van der Waals surface area contributed by atoms with E-state index in [2.05, 4.69) is 15.0 Å². The SMILES string of the molecule is COC(=O)COc1ccccc1C=C1SC(=Nc2ccc(C)c(C)c2)NC1=O. The molecule has 1 aliphatic rings. The van der Waals surface area contributed by atoms with E-state index < -0.39 is 5.97 Å². The molecule has 1 aliphatic heterocycles. The van der Waals surface area contributed by atoms with Crippen LogP contribution in [-0.4, -0.2) is 30.8 Å². The minimum atomic E-state index is -0.474. The van der Waals surface area contributed by atoms with Crippen molar-refractivity contribution in [2.45, 2.75) is 13.8 Å². The van der Waals surface area contributed by atoms with E-state index in [1.807, 2.05) is 44.2 Å². The van der Waals surface area contributed by atoms with Gasteiger partial charge in [-0.3, -0.25) is 4.79 Å². The highest BCUT2D eigenvalue weighted by Crippen LogP contribution is 2.31. The number of benzene rings is 2. The normalized spacial score (nSPS) is 16.3. The Hall–Kier alpha value is -3.06. The second-order valence-corrected chi connectivity index (χ2v) is 7.18. The van der Waals surface area contributed by atoms with E-state index >= 15 is 0 Å². The van der Waals surface area contributed by atoms with Crippen LogP contribution in [0, 0.1) is 13.8 Å². The van der Waals surface area contributed by atoms with Crippen LogP contribution in [0.3, 0.4) is 0 Å². The summed E-state index contributed by atoms with van der Waals surface area (Å²) >= 11 is 1.26. The molecule has 0 unspecified atom stereocenters. The van der Waals surface area contributed by atoms with E-state index in [9.17, 15) is 9.59 Å². The number of hydrogen-bond acceptors (Lipinski definition) is 6. The fourth-order valence-corrected chi connectivity index (χ4v) is 3.29. The van der Waals surface area contributed by atoms with Gasteiger partial charge in [-0.25, -0.2) is 9.79 Å². The van der Waals surface area contributed by atoms with Crippen molar-refractivity contribution in [1.29, 1.82) is 0 Å². The van der Waals surface area contributed by atoms with E-state index in [4.69, 9.17) is 4.74 Å². The zero-order valence-electron chi connectivity index (χ0n) is 15.8. The zero-order chi connectivity index (χ0) is 20.1. The summed E-state index contributed by atoms with van der Waals surface area (Å²) in [7, 11) is 1.30. The Morgan fingerprint density at radius 1 is 1.18 bits per heavy atom. The molecule has 7 heteroatoms. The number of thioether (sulfide) groups is 1. The Labute approximate surface area is 167 Å². The molecule has 2 aromatic rings. The molecule has 0 bridgehead atoms. The van der Waals surface area contributed by atoms with Crippen molar-refractivity contribution >= 4 is 40.6 Å². The van der Waals surface area contributed by atoms with Gasteiger partial charge in [-0.1, -0.05) is 24.3 Å². The topological polar surface area (TPSA) is 77.0 Å². The number of para-hydroxylation sites is 1. The highest BCUT2D eigenvalue weighted by Gasteiger charge is 2.24. The lowest BCUT2D eigenvalue weighted by Gasteiger charge is -2.08. The fraction of sp³-hybridized carbons (Fsp3) is 0.190. The van der Waals surface area contributed by atoms with Crippen LogP contribution in [-0.2, 0) is 14.3 Å². The Morgan fingerprint density at radius 2 is 1.96 bits per heavy atom. The summed E-state index contributed by atoms with van der Waals surface area (Å²) in [5.41, 5.74) is 3.81. The van der Waals surface area contributed by atoms with Crippen LogP contribution in [0.15, 0.2) is 52.4 Å². The van der Waals surface area contributed by atoms with E-state index in [0.29, 0.717) is 21.4 Å². The number of amides is 1. The molecule has 1 heterocycles. The van der Waals surface area contributed by atoms with Gasteiger partial charge in [-0.05, 0) is 61.0 Å². The largest absolute Gasteiger partial charge is 0.481 e. The third kappa shape index (κ3) is 4.80. The molecular formula is C21H20N2O4S. The molecular weight excluding hydrogens is 376 g/mol. The number of carbonyl (C=O) groups is 2. The van der Waals surface area contributed by atoms with Crippen molar-refractivity contribution in [3.8, 4) is 5.75 Å². The van der Waals surface area contributed by atoms with E-state index in [1.165, 1.54) is 24.4 Å². The summed E-state index contributed by atoms with van der Waals surface area (Å²) in [4.78, 5) is 28.6. The molecule has 3 rings (SSSR count). The predicted molar refractivity (Wildman–Crippen MR) is 111 cm³/mol. The Bertz CT molecular complexity index is 982. The summed E-state index contributed by atoms with van der Waals surface area (Å²) < 4.78 is 10.1. The number of rotatable bonds is 5. The number of amidine groups is 1. The third-order valence-corrected chi connectivity index (χ3v) is 5.06. The molecule has 2 aromatic carbocycles. The summed E-state index contributed by atoms with van der Waals surface area (Å²) in [6.07, 6.45) is 1.72. The lowest BCUT2D eigenvalue weighted by molar-refractivity contribution is -0.142. The summed E-state index contributed by atoms with van der Waals surface area (Å²) in [6, 6.07) is 13.1. The van der Waals surface area contributed by atoms with Crippen LogP contribution in [0.1, 0.15) is 16.7 Å². The molecule has 1 fully saturated rings. The number of esters is 1. The molecule has 0 radical (unpaired) electrons. The first-order valence-corrected chi connectivity index (χ1v) is 9.43. The fourth-order valence-electron chi connectivity index (χ4n) is 2.46. The predicted octanol–water partition coefficient (Wildman–Crippen LogP) is 3.75. The first-order valence-electron chi connectivity index (χ1n) is 8.62. The van der Waals surface area contributed by atoms with E-state index in [1.54, 1.807) is 18.2 Å². The van der Waals surface area contributed by atoms with Gasteiger partial charge in [0.25, 0.3) is 5.91 Å². The van der Waals surface area contributed by atoms with Crippen molar-refractivity contribution in [3.63, 3.8) is 0 Å². The van der Waals surface area contributed by atoms with Crippen LogP contribution < -0.4 is 10.1 Å². The number of methoxy groups -OCH3 is 1. The molecule has 1 N–H and O–H groups in total. The molecule has 0 aromatic heterocycles. The van der Waals surface area contributed by atoms with Gasteiger partial charge < -0.3 is 14.8 Å². The first kappa shape index (κ1) is 19.7. The monoisotopic (exact) mass is 396 g/mol. The van der Waals surface area contributed by atoms with E-state index in [0.717, 1.165) is 11.3 Å². The second-order valence-electron chi connectivity index (χ2n) is 6.15. The average molecular weight is 396 g/mol. The quantitative estimate of drug-likeness (QED) is 0.615. The van der Waals surface area contributed by atoms with Gasteiger partial charge in [0, 0.05) is 5.56 Å². The van der Waals surface area contributed by atoms with Crippen LogP contribution in [0.2, 0.25) is 0 Å². The number of aryl methyl sites for hydroxylation is 2. The van der Waals surface area contributed by atoms with Crippen molar-refractivity contribution in [2.24, 2.45) is 4.99 Å². The number of nitrogens with zero attached hydrogens (tertiary/aromatic N) is 1. The van der Waals surface area contributed by atoms with Crippen molar-refractivity contribution in [2.75, 3.05) is 13.7 Å². The first-order chi connectivity index (χ1) is 13.5. The van der Waals surface area contributed by atoms with E-state index in [-0.39, 0.29) is 12.5 Å². The highest BCUT2D eigenvalue weighted by atomic mass is 32.2. The van der Waals surface area contributed by atoms with Crippen molar-refractivity contribution in [3.05, 3.63) is 64.1 Å². The lowest BCUT2D eigenvalue weighted by atomic mass is 10.1. The number of carbonyl (C=O) groups excluding carboxylic acids is 2. The van der Waals surface area contributed by atoms with Crippen molar-refractivity contribution < 1.29 is 19.1 Å². The molecule has 6 nitrogen and oxygen atoms in total. The van der Waals surface area contributed by atoms with Gasteiger partial charge in [-0.2, -0.15) is 0 Å². The smallest absolute Gasteiger partial charge is 0.343 e. The number of hydrogen-bond donors (Lipinski definition) is 1. The summed E-state index contributed by atoms with van der Waals surface area (Å²) in [5.74, 6) is -0.207. The zero-order valence-corrected chi connectivity index (χ0v) is 16.6. The molecule has 28 heavy (non-hydrogen) atoms. The number of ether oxygens (including phenoxy) is 2.